The Balaban J connectivity index is 1.64. The van der Waals surface area contributed by atoms with E-state index in [-0.39, 0.29) is 5.69 Å². The predicted octanol–water partition coefficient (Wildman–Crippen LogP) is 0.646. The number of benzene rings is 1. The van der Waals surface area contributed by atoms with E-state index in [9.17, 15) is 13.2 Å². The smallest absolute Gasteiger partial charge is 0.360 e. The molecule has 0 amide bonds. The molecule has 1 aromatic carbocycles. The van der Waals surface area contributed by atoms with Crippen LogP contribution in [-0.4, -0.2) is 71.9 Å². The number of carbonyl (C=O) groups excluding carboxylic acids is 1. The number of hydrogen-bond donors (Lipinski definition) is 0. The monoisotopic (exact) mass is 393 g/mol. The van der Waals surface area contributed by atoms with E-state index in [4.69, 9.17) is 0 Å². The van der Waals surface area contributed by atoms with Crippen LogP contribution in [-0.2, 0) is 21.4 Å². The Morgan fingerprint density at radius 1 is 1.19 bits per heavy atom. The van der Waals surface area contributed by atoms with Gasteiger partial charge in [0, 0.05) is 26.2 Å². The zero-order valence-corrected chi connectivity index (χ0v) is 16.4. The van der Waals surface area contributed by atoms with Crippen LogP contribution >= 0.6 is 0 Å². The van der Waals surface area contributed by atoms with Gasteiger partial charge in [-0.25, -0.2) is 17.9 Å². The lowest BCUT2D eigenvalue weighted by Gasteiger charge is -2.33. The summed E-state index contributed by atoms with van der Waals surface area (Å²) in [5.41, 5.74) is 1.82. The van der Waals surface area contributed by atoms with Crippen molar-refractivity contribution in [3.63, 3.8) is 0 Å². The average Bonchev–Trinajstić information content (AvgIpc) is 3.12. The molecule has 0 atom stereocenters. The SMILES string of the molecule is COC(=O)c1cn(CN2CCN(S(=O)(=O)c3cc(C)ccc3C)CC2)nn1. The third-order valence-corrected chi connectivity index (χ3v) is 6.61. The third kappa shape index (κ3) is 4.18. The van der Waals surface area contributed by atoms with Gasteiger partial charge >= 0.3 is 5.97 Å². The van der Waals surface area contributed by atoms with Gasteiger partial charge in [-0.05, 0) is 31.0 Å². The summed E-state index contributed by atoms with van der Waals surface area (Å²) in [7, 11) is -2.22. The topological polar surface area (TPSA) is 97.6 Å². The fourth-order valence-electron chi connectivity index (χ4n) is 3.01. The molecule has 2 heterocycles. The van der Waals surface area contributed by atoms with E-state index in [2.05, 4.69) is 19.9 Å². The maximum absolute atomic E-state index is 13.0. The second-order valence-corrected chi connectivity index (χ2v) is 8.47. The summed E-state index contributed by atoms with van der Waals surface area (Å²) < 4.78 is 33.6. The molecule has 1 saturated heterocycles. The van der Waals surface area contributed by atoms with Crippen molar-refractivity contribution in [3.8, 4) is 0 Å². The number of esters is 1. The van der Waals surface area contributed by atoms with Crippen molar-refractivity contribution in [2.75, 3.05) is 33.3 Å². The highest BCUT2D eigenvalue weighted by molar-refractivity contribution is 7.89. The van der Waals surface area contributed by atoms with Crippen LogP contribution in [0.2, 0.25) is 0 Å². The van der Waals surface area contributed by atoms with Gasteiger partial charge in [-0.15, -0.1) is 5.10 Å². The van der Waals surface area contributed by atoms with Gasteiger partial charge in [0.1, 0.15) is 0 Å². The van der Waals surface area contributed by atoms with Crippen molar-refractivity contribution < 1.29 is 17.9 Å². The molecule has 1 aliphatic heterocycles. The summed E-state index contributed by atoms with van der Waals surface area (Å²) >= 11 is 0. The average molecular weight is 393 g/mol. The van der Waals surface area contributed by atoms with Crippen molar-refractivity contribution >= 4 is 16.0 Å². The molecule has 9 nitrogen and oxygen atoms in total. The number of sulfonamides is 1. The van der Waals surface area contributed by atoms with Gasteiger partial charge in [0.15, 0.2) is 5.69 Å². The van der Waals surface area contributed by atoms with Gasteiger partial charge in [0.25, 0.3) is 0 Å². The number of aryl methyl sites for hydroxylation is 2. The minimum Gasteiger partial charge on any atom is -0.464 e. The molecule has 1 aromatic heterocycles. The van der Waals surface area contributed by atoms with Crippen LogP contribution in [0.4, 0.5) is 0 Å². The first-order valence-electron chi connectivity index (χ1n) is 8.59. The molecular formula is C17H23N5O4S. The second-order valence-electron chi connectivity index (χ2n) is 6.57. The van der Waals surface area contributed by atoms with E-state index in [1.807, 2.05) is 26.0 Å². The minimum absolute atomic E-state index is 0.147. The summed E-state index contributed by atoms with van der Waals surface area (Å²) in [4.78, 5) is 13.9. The molecule has 0 aliphatic carbocycles. The minimum atomic E-state index is -3.51. The fraction of sp³-hybridized carbons (Fsp3) is 0.471. The number of hydrogen-bond acceptors (Lipinski definition) is 7. The first-order valence-corrected chi connectivity index (χ1v) is 10.0. The number of rotatable bonds is 5. The van der Waals surface area contributed by atoms with Crippen LogP contribution in [0.3, 0.4) is 0 Å². The van der Waals surface area contributed by atoms with Crippen LogP contribution in [0, 0.1) is 13.8 Å². The largest absolute Gasteiger partial charge is 0.464 e. The highest BCUT2D eigenvalue weighted by atomic mass is 32.2. The standard InChI is InChI=1S/C17H23N5O4S/c1-13-4-5-14(2)16(10-13)27(24,25)22-8-6-20(7-9-22)12-21-11-15(18-19-21)17(23)26-3/h4-5,10-11H,6-9,12H2,1-3H3. The van der Waals surface area contributed by atoms with Gasteiger partial charge in [0.05, 0.1) is 24.9 Å². The normalized spacial score (nSPS) is 16.4. The predicted molar refractivity (Wildman–Crippen MR) is 97.6 cm³/mol. The van der Waals surface area contributed by atoms with Crippen LogP contribution in [0.1, 0.15) is 21.6 Å². The zero-order chi connectivity index (χ0) is 19.6. The van der Waals surface area contributed by atoms with E-state index >= 15 is 0 Å². The maximum Gasteiger partial charge on any atom is 0.360 e. The second kappa shape index (κ2) is 7.75. The quantitative estimate of drug-likeness (QED) is 0.688. The molecule has 0 radical (unpaired) electrons. The first kappa shape index (κ1) is 19.5. The van der Waals surface area contributed by atoms with Crippen LogP contribution in [0.15, 0.2) is 29.3 Å². The number of methoxy groups -OCH3 is 1. The van der Waals surface area contributed by atoms with E-state index in [0.29, 0.717) is 37.7 Å². The Labute approximate surface area is 158 Å². The lowest BCUT2D eigenvalue weighted by molar-refractivity contribution is 0.0593. The molecule has 0 unspecified atom stereocenters. The lowest BCUT2D eigenvalue weighted by Crippen LogP contribution is -2.49. The summed E-state index contributed by atoms with van der Waals surface area (Å²) in [5, 5.41) is 7.68. The van der Waals surface area contributed by atoms with E-state index in [0.717, 1.165) is 11.1 Å². The van der Waals surface area contributed by atoms with Crippen LogP contribution in [0.5, 0.6) is 0 Å². The first-order chi connectivity index (χ1) is 12.8. The number of ether oxygens (including phenoxy) is 1. The molecule has 1 aliphatic rings. The van der Waals surface area contributed by atoms with Crippen molar-refractivity contribution in [2.45, 2.75) is 25.4 Å². The van der Waals surface area contributed by atoms with Crippen molar-refractivity contribution in [3.05, 3.63) is 41.2 Å². The Hall–Kier alpha value is -2.30. The van der Waals surface area contributed by atoms with Crippen molar-refractivity contribution in [2.24, 2.45) is 0 Å². The molecule has 0 saturated carbocycles. The van der Waals surface area contributed by atoms with Gasteiger partial charge in [-0.1, -0.05) is 17.3 Å². The summed E-state index contributed by atoms with van der Waals surface area (Å²) in [6.07, 6.45) is 1.52. The summed E-state index contributed by atoms with van der Waals surface area (Å²) in [6.45, 7) is 6.06. The van der Waals surface area contributed by atoms with Gasteiger partial charge in [-0.3, -0.25) is 4.90 Å². The van der Waals surface area contributed by atoms with E-state index in [1.165, 1.54) is 17.6 Å². The molecule has 1 fully saturated rings. The Morgan fingerprint density at radius 3 is 2.56 bits per heavy atom. The van der Waals surface area contributed by atoms with Crippen molar-refractivity contribution in [1.29, 1.82) is 0 Å². The Bertz CT molecular complexity index is 933. The lowest BCUT2D eigenvalue weighted by atomic mass is 10.2. The van der Waals surface area contributed by atoms with Crippen LogP contribution in [0.25, 0.3) is 0 Å². The third-order valence-electron chi connectivity index (χ3n) is 4.57. The molecule has 0 bridgehead atoms. The Kier molecular flexibility index (Phi) is 5.59. The zero-order valence-electron chi connectivity index (χ0n) is 15.6. The van der Waals surface area contributed by atoms with E-state index in [1.54, 1.807) is 10.7 Å². The molecule has 0 spiro atoms. The summed E-state index contributed by atoms with van der Waals surface area (Å²) in [6, 6.07) is 5.47. The molecule has 3 rings (SSSR count). The van der Waals surface area contributed by atoms with Gasteiger partial charge in [0.2, 0.25) is 10.0 Å². The van der Waals surface area contributed by atoms with E-state index < -0.39 is 16.0 Å². The fourth-order valence-corrected chi connectivity index (χ4v) is 4.74. The number of aromatic nitrogens is 3. The Morgan fingerprint density at radius 2 is 1.89 bits per heavy atom. The van der Waals surface area contributed by atoms with Gasteiger partial charge in [-0.2, -0.15) is 4.31 Å². The van der Waals surface area contributed by atoms with Crippen LogP contribution < -0.4 is 0 Å². The maximum atomic E-state index is 13.0. The number of carbonyl (C=O) groups is 1. The highest BCUT2D eigenvalue weighted by Gasteiger charge is 2.29. The summed E-state index contributed by atoms with van der Waals surface area (Å²) in [5.74, 6) is -0.536. The molecular weight excluding hydrogens is 370 g/mol. The highest BCUT2D eigenvalue weighted by Crippen LogP contribution is 2.22. The molecule has 10 heteroatoms. The molecule has 0 N–H and O–H groups in total. The van der Waals surface area contributed by atoms with Crippen molar-refractivity contribution in [1.82, 2.24) is 24.2 Å². The van der Waals surface area contributed by atoms with Gasteiger partial charge < -0.3 is 4.74 Å². The number of nitrogens with zero attached hydrogens (tertiary/aromatic N) is 5. The molecule has 2 aromatic rings. The molecule has 146 valence electrons. The number of piperazine rings is 1. The molecule has 27 heavy (non-hydrogen) atoms.